The van der Waals surface area contributed by atoms with E-state index in [0.29, 0.717) is 29.3 Å². The number of nitrogens with one attached hydrogen (secondary N) is 2. The summed E-state index contributed by atoms with van der Waals surface area (Å²) in [5, 5.41) is 17.5. The first kappa shape index (κ1) is 28.8. The number of ether oxygens (including phenoxy) is 2. The van der Waals surface area contributed by atoms with E-state index in [9.17, 15) is 4.79 Å². The molecule has 0 saturated carbocycles. The van der Waals surface area contributed by atoms with E-state index in [0.717, 1.165) is 47.5 Å². The number of fused-ring (bicyclic) bond motifs is 1. The van der Waals surface area contributed by atoms with E-state index in [1.165, 1.54) is 25.9 Å². The average Bonchev–Trinajstić information content (AvgIpc) is 2.98. The number of nitriles is 1. The molecule has 1 aliphatic heterocycles. The Bertz CT molecular complexity index is 1260. The highest BCUT2D eigenvalue weighted by Gasteiger charge is 2.16. The minimum absolute atomic E-state index is 0.328. The van der Waals surface area contributed by atoms with Gasteiger partial charge in [0.05, 0.1) is 31.2 Å². The van der Waals surface area contributed by atoms with E-state index in [2.05, 4.69) is 34.1 Å². The molecule has 0 atom stereocenters. The van der Waals surface area contributed by atoms with Crippen molar-refractivity contribution < 1.29 is 14.3 Å². The molecule has 0 spiro atoms. The number of likely N-dealkylation sites (tertiary alicyclic amines) is 1. The lowest BCUT2D eigenvalue weighted by molar-refractivity contribution is 0.111. The maximum atomic E-state index is 11.0. The smallest absolute Gasteiger partial charge is 0.168 e. The summed E-state index contributed by atoms with van der Waals surface area (Å²) in [4.78, 5) is 17.8. The molecule has 8 nitrogen and oxygen atoms in total. The number of aldehydes is 1. The fraction of sp³-hybridized carbons (Fsp3) is 0.367. The van der Waals surface area contributed by atoms with Crippen LogP contribution in [0, 0.1) is 11.3 Å². The number of aromatic nitrogens is 1. The zero-order valence-electron chi connectivity index (χ0n) is 22.5. The van der Waals surface area contributed by atoms with Gasteiger partial charge in [-0.15, -0.1) is 0 Å². The highest BCUT2D eigenvalue weighted by atomic mass is 16.5. The quantitative estimate of drug-likeness (QED) is 0.300. The van der Waals surface area contributed by atoms with Crippen molar-refractivity contribution in [1.29, 1.82) is 5.26 Å². The standard InChI is InChI=1S/C21H17N3O2.C9H20N2O/c1-14(11-22)12-23-21-18-10-16(19-5-3-4-17(13-25)24-19)7-6-15(18)8-9-20(21)26-2;1-10-9-3-5-11(6-4-9)7-8-12-2/h3-10,13,23H,1,12H2,2H3;9-10H,3-8H2,1-2H3. The Kier molecular flexibility index (Phi) is 11.2. The number of hydrogen-bond donors (Lipinski definition) is 2. The molecule has 200 valence electrons. The number of methoxy groups -OCH3 is 2. The topological polar surface area (TPSA) is 99.5 Å². The molecule has 0 bridgehead atoms. The molecule has 2 N–H and O–H groups in total. The second-order valence-corrected chi connectivity index (χ2v) is 9.11. The minimum Gasteiger partial charge on any atom is -0.495 e. The maximum Gasteiger partial charge on any atom is 0.168 e. The predicted molar refractivity (Wildman–Crippen MR) is 153 cm³/mol. The van der Waals surface area contributed by atoms with Crippen LogP contribution in [0.5, 0.6) is 5.75 Å². The van der Waals surface area contributed by atoms with Crippen molar-refractivity contribution in [3.05, 3.63) is 66.4 Å². The zero-order valence-corrected chi connectivity index (χ0v) is 22.5. The summed E-state index contributed by atoms with van der Waals surface area (Å²) in [6.07, 6.45) is 3.29. The molecule has 3 aromatic rings. The number of rotatable bonds is 10. The average molecular weight is 516 g/mol. The van der Waals surface area contributed by atoms with Crippen molar-refractivity contribution in [1.82, 2.24) is 15.2 Å². The Morgan fingerprint density at radius 2 is 1.97 bits per heavy atom. The van der Waals surface area contributed by atoms with Crippen LogP contribution in [0.2, 0.25) is 0 Å². The fourth-order valence-corrected chi connectivity index (χ4v) is 4.39. The number of nitrogens with zero attached hydrogens (tertiary/aromatic N) is 3. The molecule has 2 heterocycles. The molecule has 1 saturated heterocycles. The zero-order chi connectivity index (χ0) is 27.3. The van der Waals surface area contributed by atoms with Crippen LogP contribution >= 0.6 is 0 Å². The minimum atomic E-state index is 0.328. The molecular weight excluding hydrogens is 478 g/mol. The van der Waals surface area contributed by atoms with Crippen LogP contribution in [0.25, 0.3) is 22.0 Å². The molecule has 0 unspecified atom stereocenters. The second kappa shape index (κ2) is 14.8. The Hall–Kier alpha value is -3.77. The van der Waals surface area contributed by atoms with Gasteiger partial charge in [0.25, 0.3) is 0 Å². The van der Waals surface area contributed by atoms with E-state index in [-0.39, 0.29) is 0 Å². The van der Waals surface area contributed by atoms with Gasteiger partial charge in [0.1, 0.15) is 11.4 Å². The van der Waals surface area contributed by atoms with Gasteiger partial charge in [-0.05, 0) is 62.6 Å². The van der Waals surface area contributed by atoms with Crippen LogP contribution in [0.15, 0.2) is 60.7 Å². The summed E-state index contributed by atoms with van der Waals surface area (Å²) in [5.41, 5.74) is 3.20. The van der Waals surface area contributed by atoms with Crippen LogP contribution in [-0.2, 0) is 4.74 Å². The molecule has 1 aliphatic rings. The van der Waals surface area contributed by atoms with Crippen molar-refractivity contribution in [3.8, 4) is 23.1 Å². The molecule has 0 radical (unpaired) electrons. The third-order valence-electron chi connectivity index (χ3n) is 6.63. The monoisotopic (exact) mass is 515 g/mol. The van der Waals surface area contributed by atoms with Gasteiger partial charge in [-0.1, -0.05) is 30.8 Å². The molecule has 1 fully saturated rings. The van der Waals surface area contributed by atoms with Crippen molar-refractivity contribution in [2.45, 2.75) is 18.9 Å². The van der Waals surface area contributed by atoms with E-state index < -0.39 is 0 Å². The first-order chi connectivity index (χ1) is 18.5. The Balaban J connectivity index is 0.000000279. The number of carbonyl (C=O) groups excluding carboxylic acids is 1. The van der Waals surface area contributed by atoms with E-state index in [1.807, 2.05) is 42.5 Å². The number of hydrogen-bond acceptors (Lipinski definition) is 8. The summed E-state index contributed by atoms with van der Waals surface area (Å²) in [5.74, 6) is 0.676. The highest BCUT2D eigenvalue weighted by Crippen LogP contribution is 2.35. The third-order valence-corrected chi connectivity index (χ3v) is 6.63. The van der Waals surface area contributed by atoms with Gasteiger partial charge in [0.2, 0.25) is 0 Å². The van der Waals surface area contributed by atoms with Crippen molar-refractivity contribution in [2.75, 3.05) is 59.4 Å². The number of carbonyl (C=O) groups is 1. The lowest BCUT2D eigenvalue weighted by Gasteiger charge is -2.31. The molecule has 0 amide bonds. The van der Waals surface area contributed by atoms with Crippen LogP contribution in [0.4, 0.5) is 5.69 Å². The van der Waals surface area contributed by atoms with Gasteiger partial charge in [-0.3, -0.25) is 4.79 Å². The summed E-state index contributed by atoms with van der Waals surface area (Å²) in [7, 11) is 5.42. The SMILES string of the molecule is C=C(C#N)CNc1c(OC)ccc2ccc(-c3cccc(C=O)n3)cc12.CNC1CCN(CCOC)CC1. The number of anilines is 1. The first-order valence-corrected chi connectivity index (χ1v) is 12.8. The number of piperidine rings is 1. The summed E-state index contributed by atoms with van der Waals surface area (Å²) >= 11 is 0. The van der Waals surface area contributed by atoms with Gasteiger partial charge < -0.3 is 25.0 Å². The van der Waals surface area contributed by atoms with Gasteiger partial charge >= 0.3 is 0 Å². The second-order valence-electron chi connectivity index (χ2n) is 9.11. The molecule has 4 rings (SSSR count). The third kappa shape index (κ3) is 7.86. The van der Waals surface area contributed by atoms with Crippen LogP contribution in [-0.4, -0.2) is 76.3 Å². The predicted octanol–water partition coefficient (Wildman–Crippen LogP) is 4.53. The van der Waals surface area contributed by atoms with Crippen LogP contribution in [0.3, 0.4) is 0 Å². The fourth-order valence-electron chi connectivity index (χ4n) is 4.39. The van der Waals surface area contributed by atoms with E-state index in [4.69, 9.17) is 14.7 Å². The largest absolute Gasteiger partial charge is 0.495 e. The molecule has 2 aromatic carbocycles. The molecule has 0 aliphatic carbocycles. The van der Waals surface area contributed by atoms with Crippen molar-refractivity contribution in [2.24, 2.45) is 0 Å². The first-order valence-electron chi connectivity index (χ1n) is 12.8. The Morgan fingerprint density at radius 1 is 1.21 bits per heavy atom. The highest BCUT2D eigenvalue weighted by molar-refractivity contribution is 5.99. The van der Waals surface area contributed by atoms with Gasteiger partial charge in [-0.25, -0.2) is 4.98 Å². The maximum absolute atomic E-state index is 11.0. The van der Waals surface area contributed by atoms with Gasteiger partial charge in [0.15, 0.2) is 6.29 Å². The van der Waals surface area contributed by atoms with Crippen LogP contribution < -0.4 is 15.4 Å². The van der Waals surface area contributed by atoms with Crippen molar-refractivity contribution in [3.63, 3.8) is 0 Å². The lowest BCUT2D eigenvalue weighted by Crippen LogP contribution is -2.42. The molecule has 8 heteroatoms. The Morgan fingerprint density at radius 3 is 2.63 bits per heavy atom. The number of benzene rings is 2. The Labute approximate surface area is 225 Å². The summed E-state index contributed by atoms with van der Waals surface area (Å²) in [6.45, 7) is 8.42. The summed E-state index contributed by atoms with van der Waals surface area (Å²) in [6, 6.07) is 17.9. The molecule has 38 heavy (non-hydrogen) atoms. The van der Waals surface area contributed by atoms with Gasteiger partial charge in [0, 0.05) is 42.8 Å². The van der Waals surface area contributed by atoms with Gasteiger partial charge in [-0.2, -0.15) is 5.26 Å². The molecular formula is C30H37N5O3. The number of pyridine rings is 1. The van der Waals surface area contributed by atoms with E-state index in [1.54, 1.807) is 26.4 Å². The van der Waals surface area contributed by atoms with Crippen molar-refractivity contribution >= 4 is 22.7 Å². The molecule has 1 aromatic heterocycles. The van der Waals surface area contributed by atoms with Crippen LogP contribution in [0.1, 0.15) is 23.3 Å². The summed E-state index contributed by atoms with van der Waals surface area (Å²) < 4.78 is 10.5. The normalized spacial score (nSPS) is 13.7. The van der Waals surface area contributed by atoms with E-state index >= 15 is 0 Å². The lowest BCUT2D eigenvalue weighted by atomic mass is 10.0.